The van der Waals surface area contributed by atoms with Gasteiger partial charge in [0.1, 0.15) is 0 Å². The van der Waals surface area contributed by atoms with E-state index in [9.17, 15) is 0 Å². The Bertz CT molecular complexity index is 486. The van der Waals surface area contributed by atoms with Crippen molar-refractivity contribution < 1.29 is 4.74 Å². The first kappa shape index (κ1) is 15.3. The van der Waals surface area contributed by atoms with Crippen LogP contribution in [-0.2, 0) is 4.74 Å². The van der Waals surface area contributed by atoms with Gasteiger partial charge in [-0.25, -0.2) is 0 Å². The number of benzene rings is 1. The van der Waals surface area contributed by atoms with E-state index in [2.05, 4.69) is 57.5 Å². The molecule has 1 aliphatic rings. The summed E-state index contributed by atoms with van der Waals surface area (Å²) in [7, 11) is 1.79. The molecule has 0 aromatic heterocycles. The van der Waals surface area contributed by atoms with E-state index in [1.165, 1.54) is 5.56 Å². The van der Waals surface area contributed by atoms with Crippen LogP contribution in [0.15, 0.2) is 33.7 Å². The average Bonchev–Trinajstić information content (AvgIpc) is 2.41. The molecular weight excluding hydrogens is 318 g/mol. The van der Waals surface area contributed by atoms with Gasteiger partial charge in [0, 0.05) is 23.5 Å². The molecule has 0 radical (unpaired) electrons. The molecule has 1 aliphatic heterocycles. The summed E-state index contributed by atoms with van der Waals surface area (Å²) < 4.78 is 6.37. The Morgan fingerprint density at radius 3 is 2.70 bits per heavy atom. The predicted molar refractivity (Wildman–Crippen MR) is 86.0 cm³/mol. The number of guanidine groups is 1. The molecule has 1 aromatic rings. The molecular formula is C15H22BrN3O. The number of nitrogens with zero attached hydrogens (tertiary/aromatic N) is 1. The Morgan fingerprint density at radius 2 is 2.15 bits per heavy atom. The summed E-state index contributed by atoms with van der Waals surface area (Å²) in [5, 5.41) is 6.79. The molecule has 0 aliphatic carbocycles. The van der Waals surface area contributed by atoms with Crippen LogP contribution in [0.5, 0.6) is 0 Å². The predicted octanol–water partition coefficient (Wildman–Crippen LogP) is 2.71. The molecule has 0 spiro atoms. The number of rotatable bonds is 4. The second-order valence-corrected chi connectivity index (χ2v) is 6.47. The molecule has 2 N–H and O–H groups in total. The maximum Gasteiger partial charge on any atom is 0.191 e. The zero-order valence-corrected chi connectivity index (χ0v) is 13.8. The fourth-order valence-corrected chi connectivity index (χ4v) is 2.78. The highest BCUT2D eigenvalue weighted by molar-refractivity contribution is 9.10. The third kappa shape index (κ3) is 3.73. The monoisotopic (exact) mass is 339 g/mol. The normalized spacial score (nSPS) is 19.1. The van der Waals surface area contributed by atoms with Crippen molar-refractivity contribution in [3.63, 3.8) is 0 Å². The van der Waals surface area contributed by atoms with Crippen LogP contribution in [0.2, 0.25) is 0 Å². The first-order valence-electron chi connectivity index (χ1n) is 6.83. The molecule has 110 valence electrons. The Balaban J connectivity index is 1.91. The van der Waals surface area contributed by atoms with E-state index in [-0.39, 0.29) is 11.5 Å². The third-order valence-corrected chi connectivity index (χ3v) is 4.25. The third-order valence-electron chi connectivity index (χ3n) is 3.53. The summed E-state index contributed by atoms with van der Waals surface area (Å²) in [5.41, 5.74) is 1.45. The molecule has 1 saturated heterocycles. The molecule has 2 rings (SSSR count). The molecule has 0 amide bonds. The van der Waals surface area contributed by atoms with Gasteiger partial charge in [0.25, 0.3) is 0 Å². The van der Waals surface area contributed by atoms with E-state index in [0.29, 0.717) is 0 Å². The summed E-state index contributed by atoms with van der Waals surface area (Å²) in [6, 6.07) is 8.40. The number of halogens is 1. The SMILES string of the molecule is CN=C(NCC1(C)COC1)NC(C)c1ccccc1Br. The quantitative estimate of drug-likeness (QED) is 0.654. The highest BCUT2D eigenvalue weighted by Gasteiger charge is 2.33. The Kier molecular flexibility index (Phi) is 5.05. The molecule has 1 aromatic carbocycles. The zero-order valence-electron chi connectivity index (χ0n) is 12.2. The molecule has 1 heterocycles. The van der Waals surface area contributed by atoms with Gasteiger partial charge in [-0.1, -0.05) is 41.1 Å². The van der Waals surface area contributed by atoms with Gasteiger partial charge >= 0.3 is 0 Å². The van der Waals surface area contributed by atoms with Gasteiger partial charge in [-0.05, 0) is 18.6 Å². The van der Waals surface area contributed by atoms with Gasteiger partial charge in [-0.2, -0.15) is 0 Å². The minimum atomic E-state index is 0.183. The number of nitrogens with one attached hydrogen (secondary N) is 2. The van der Waals surface area contributed by atoms with Crippen molar-refractivity contribution in [2.24, 2.45) is 10.4 Å². The minimum Gasteiger partial charge on any atom is -0.380 e. The lowest BCUT2D eigenvalue weighted by Gasteiger charge is -2.38. The maximum absolute atomic E-state index is 5.26. The van der Waals surface area contributed by atoms with Gasteiger partial charge in [0.05, 0.1) is 19.3 Å². The van der Waals surface area contributed by atoms with Crippen LogP contribution in [0.25, 0.3) is 0 Å². The summed E-state index contributed by atoms with van der Waals surface area (Å²) in [6.45, 7) is 6.85. The second kappa shape index (κ2) is 6.59. The van der Waals surface area contributed by atoms with E-state index in [4.69, 9.17) is 4.74 Å². The van der Waals surface area contributed by atoms with Crippen LogP contribution in [0.3, 0.4) is 0 Å². The lowest BCUT2D eigenvalue weighted by molar-refractivity contribution is -0.0971. The first-order chi connectivity index (χ1) is 9.54. The molecule has 0 saturated carbocycles. The Morgan fingerprint density at radius 1 is 1.45 bits per heavy atom. The Hall–Kier alpha value is -1.07. The smallest absolute Gasteiger partial charge is 0.191 e. The number of hydrogen-bond donors (Lipinski definition) is 2. The molecule has 5 heteroatoms. The van der Waals surface area contributed by atoms with E-state index >= 15 is 0 Å². The van der Waals surface area contributed by atoms with Crippen molar-refractivity contribution in [2.75, 3.05) is 26.8 Å². The van der Waals surface area contributed by atoms with Crippen molar-refractivity contribution in [1.82, 2.24) is 10.6 Å². The van der Waals surface area contributed by atoms with Crippen LogP contribution < -0.4 is 10.6 Å². The maximum atomic E-state index is 5.26. The van der Waals surface area contributed by atoms with Crippen LogP contribution in [0, 0.1) is 5.41 Å². The first-order valence-corrected chi connectivity index (χ1v) is 7.63. The van der Waals surface area contributed by atoms with Crippen molar-refractivity contribution >= 4 is 21.9 Å². The van der Waals surface area contributed by atoms with Gasteiger partial charge in [0.2, 0.25) is 0 Å². The standard InChI is InChI=1S/C15H22BrN3O/c1-11(12-6-4-5-7-13(12)16)19-14(17-3)18-8-15(2)9-20-10-15/h4-7,11H,8-10H2,1-3H3,(H2,17,18,19). The number of ether oxygens (including phenoxy) is 1. The topological polar surface area (TPSA) is 45.7 Å². The fraction of sp³-hybridized carbons (Fsp3) is 0.533. The minimum absolute atomic E-state index is 0.183. The number of aliphatic imine (C=N–C) groups is 1. The van der Waals surface area contributed by atoms with Crippen LogP contribution in [0.1, 0.15) is 25.5 Å². The summed E-state index contributed by atoms with van der Waals surface area (Å²) in [6.07, 6.45) is 0. The van der Waals surface area contributed by atoms with Crippen LogP contribution >= 0.6 is 15.9 Å². The van der Waals surface area contributed by atoms with Crippen molar-refractivity contribution in [3.05, 3.63) is 34.3 Å². The van der Waals surface area contributed by atoms with Gasteiger partial charge in [0.15, 0.2) is 5.96 Å². The lowest BCUT2D eigenvalue weighted by atomic mass is 9.89. The van der Waals surface area contributed by atoms with E-state index in [0.717, 1.165) is 30.2 Å². The molecule has 20 heavy (non-hydrogen) atoms. The lowest BCUT2D eigenvalue weighted by Crippen LogP contribution is -2.51. The molecule has 1 atom stereocenters. The van der Waals surface area contributed by atoms with Crippen LogP contribution in [-0.4, -0.2) is 32.8 Å². The van der Waals surface area contributed by atoms with Gasteiger partial charge < -0.3 is 15.4 Å². The van der Waals surface area contributed by atoms with Crippen molar-refractivity contribution in [1.29, 1.82) is 0 Å². The zero-order chi connectivity index (χ0) is 14.6. The van der Waals surface area contributed by atoms with Crippen LogP contribution in [0.4, 0.5) is 0 Å². The van der Waals surface area contributed by atoms with Gasteiger partial charge in [-0.3, -0.25) is 4.99 Å². The summed E-state index contributed by atoms with van der Waals surface area (Å²) >= 11 is 3.58. The highest BCUT2D eigenvalue weighted by atomic mass is 79.9. The molecule has 0 bridgehead atoms. The summed E-state index contributed by atoms with van der Waals surface area (Å²) in [5.74, 6) is 0.821. The molecule has 1 unspecified atom stereocenters. The highest BCUT2D eigenvalue weighted by Crippen LogP contribution is 2.25. The Labute approximate surface area is 129 Å². The van der Waals surface area contributed by atoms with Gasteiger partial charge in [-0.15, -0.1) is 0 Å². The van der Waals surface area contributed by atoms with E-state index in [1.807, 2.05) is 12.1 Å². The number of hydrogen-bond acceptors (Lipinski definition) is 2. The fourth-order valence-electron chi connectivity index (χ4n) is 2.15. The molecule has 1 fully saturated rings. The summed E-state index contributed by atoms with van der Waals surface area (Å²) in [4.78, 5) is 4.28. The van der Waals surface area contributed by atoms with Crippen molar-refractivity contribution in [2.45, 2.75) is 19.9 Å². The van der Waals surface area contributed by atoms with Crippen molar-refractivity contribution in [3.8, 4) is 0 Å². The van der Waals surface area contributed by atoms with E-state index in [1.54, 1.807) is 7.05 Å². The largest absolute Gasteiger partial charge is 0.380 e. The molecule has 4 nitrogen and oxygen atoms in total. The van der Waals surface area contributed by atoms with E-state index < -0.39 is 0 Å². The second-order valence-electron chi connectivity index (χ2n) is 5.62. The average molecular weight is 340 g/mol.